The molecule has 8 heteroatoms. The van der Waals surface area contributed by atoms with E-state index >= 15 is 0 Å². The summed E-state index contributed by atoms with van der Waals surface area (Å²) in [4.78, 5) is 11.9. The average Bonchev–Trinajstić information content (AvgIpc) is 2.63. The van der Waals surface area contributed by atoms with Gasteiger partial charge in [-0.15, -0.1) is 0 Å². The number of para-hydroxylation sites is 1. The van der Waals surface area contributed by atoms with Crippen molar-refractivity contribution in [2.24, 2.45) is 5.14 Å². The number of benzene rings is 3. The van der Waals surface area contributed by atoms with E-state index < -0.39 is 27.3 Å². The van der Waals surface area contributed by atoms with Crippen LogP contribution in [-0.4, -0.2) is 14.3 Å². The number of ether oxygens (including phenoxy) is 1. The van der Waals surface area contributed by atoms with Crippen LogP contribution in [-0.2, 0) is 10.0 Å². The van der Waals surface area contributed by atoms with Gasteiger partial charge in [0.05, 0.1) is 10.5 Å². The largest absolute Gasteiger partial charge is 0.457 e. The van der Waals surface area contributed by atoms with Crippen molar-refractivity contribution in [3.05, 3.63) is 84.2 Å². The van der Waals surface area contributed by atoms with Crippen LogP contribution in [0.15, 0.2) is 77.7 Å². The predicted molar refractivity (Wildman–Crippen MR) is 98.7 cm³/mol. The van der Waals surface area contributed by atoms with Crippen molar-refractivity contribution in [2.45, 2.75) is 4.90 Å². The molecule has 3 N–H and O–H groups in total. The molecule has 0 saturated heterocycles. The van der Waals surface area contributed by atoms with Crippen molar-refractivity contribution in [1.29, 1.82) is 0 Å². The summed E-state index contributed by atoms with van der Waals surface area (Å²) in [7, 11) is -4.05. The summed E-state index contributed by atoms with van der Waals surface area (Å²) in [5.41, 5.74) is -0.0352. The molecule has 3 aromatic rings. The van der Waals surface area contributed by atoms with Crippen LogP contribution in [0.4, 0.5) is 10.1 Å². The second kappa shape index (κ2) is 7.56. The molecule has 0 fully saturated rings. The van der Waals surface area contributed by atoms with Crippen LogP contribution in [0, 0.1) is 5.82 Å². The highest BCUT2D eigenvalue weighted by molar-refractivity contribution is 7.89. The number of rotatable bonds is 5. The maximum Gasteiger partial charge on any atom is 0.258 e. The van der Waals surface area contributed by atoms with E-state index in [2.05, 4.69) is 5.32 Å². The third-order valence-corrected chi connectivity index (χ3v) is 4.51. The zero-order valence-electron chi connectivity index (χ0n) is 13.9. The van der Waals surface area contributed by atoms with Gasteiger partial charge in [-0.1, -0.05) is 18.2 Å². The summed E-state index contributed by atoms with van der Waals surface area (Å²) in [6.45, 7) is 0. The Bertz CT molecular complexity index is 1070. The Morgan fingerprint density at radius 3 is 2.19 bits per heavy atom. The number of sulfonamides is 1. The molecule has 3 rings (SSSR count). The van der Waals surface area contributed by atoms with Crippen LogP contribution in [0.3, 0.4) is 0 Å². The molecule has 0 radical (unpaired) electrons. The smallest absolute Gasteiger partial charge is 0.258 e. The summed E-state index contributed by atoms with van der Waals surface area (Å²) in [6.07, 6.45) is 0. The van der Waals surface area contributed by atoms with Crippen LogP contribution >= 0.6 is 0 Å². The molecule has 0 saturated carbocycles. The van der Waals surface area contributed by atoms with Crippen LogP contribution in [0.2, 0.25) is 0 Å². The van der Waals surface area contributed by atoms with E-state index in [-0.39, 0.29) is 4.90 Å². The van der Waals surface area contributed by atoms with E-state index in [0.717, 1.165) is 18.2 Å². The normalized spacial score (nSPS) is 11.0. The molecule has 0 aliphatic rings. The number of halogens is 1. The minimum absolute atomic E-state index is 0.347. The van der Waals surface area contributed by atoms with Gasteiger partial charge in [0.2, 0.25) is 10.0 Å². The zero-order valence-corrected chi connectivity index (χ0v) is 14.7. The van der Waals surface area contributed by atoms with Crippen LogP contribution in [0.1, 0.15) is 10.4 Å². The standard InChI is InChI=1S/C19H15FN2O4S/c20-18-11-10-16(27(21,24)25)12-17(18)19(23)22-13-6-8-15(9-7-13)26-14-4-2-1-3-5-14/h1-12H,(H,22,23)(H2,21,24,25). The quantitative estimate of drug-likeness (QED) is 0.701. The van der Waals surface area contributed by atoms with E-state index in [1.165, 1.54) is 0 Å². The Morgan fingerprint density at radius 1 is 0.926 bits per heavy atom. The Balaban J connectivity index is 1.75. The number of anilines is 1. The van der Waals surface area contributed by atoms with Crippen molar-refractivity contribution >= 4 is 21.6 Å². The summed E-state index contributed by atoms with van der Waals surface area (Å²) in [6, 6.07) is 18.4. The molecule has 138 valence electrons. The van der Waals surface area contributed by atoms with Gasteiger partial charge in [0, 0.05) is 5.69 Å². The number of carbonyl (C=O) groups excluding carboxylic acids is 1. The lowest BCUT2D eigenvalue weighted by Crippen LogP contribution is -2.17. The molecule has 0 aromatic heterocycles. The van der Waals surface area contributed by atoms with Gasteiger partial charge >= 0.3 is 0 Å². The predicted octanol–water partition coefficient (Wildman–Crippen LogP) is 3.52. The Kier molecular flexibility index (Phi) is 5.20. The minimum atomic E-state index is -4.05. The fourth-order valence-corrected chi connectivity index (χ4v) is 2.82. The summed E-state index contributed by atoms with van der Waals surface area (Å²) in [5.74, 6) is -0.434. The molecule has 0 atom stereocenters. The third kappa shape index (κ3) is 4.69. The van der Waals surface area contributed by atoms with Gasteiger partial charge in [0.1, 0.15) is 17.3 Å². The van der Waals surface area contributed by atoms with Gasteiger partial charge in [-0.3, -0.25) is 4.79 Å². The Morgan fingerprint density at radius 2 is 1.56 bits per heavy atom. The number of hydrogen-bond acceptors (Lipinski definition) is 4. The highest BCUT2D eigenvalue weighted by Gasteiger charge is 2.17. The van der Waals surface area contributed by atoms with Crippen molar-refractivity contribution in [1.82, 2.24) is 0 Å². The van der Waals surface area contributed by atoms with Crippen LogP contribution < -0.4 is 15.2 Å². The van der Waals surface area contributed by atoms with Gasteiger partial charge in [0.15, 0.2) is 0 Å². The summed E-state index contributed by atoms with van der Waals surface area (Å²) >= 11 is 0. The lowest BCUT2D eigenvalue weighted by molar-refractivity contribution is 0.102. The number of nitrogens with two attached hydrogens (primary N) is 1. The van der Waals surface area contributed by atoms with Crippen molar-refractivity contribution in [3.63, 3.8) is 0 Å². The molecule has 0 bridgehead atoms. The van der Waals surface area contributed by atoms with Gasteiger partial charge < -0.3 is 10.1 Å². The highest BCUT2D eigenvalue weighted by Crippen LogP contribution is 2.23. The maximum atomic E-state index is 13.9. The van der Waals surface area contributed by atoms with Gasteiger partial charge in [-0.05, 0) is 54.6 Å². The topological polar surface area (TPSA) is 98.5 Å². The number of primary sulfonamides is 1. The first-order chi connectivity index (χ1) is 12.8. The molecule has 3 aromatic carbocycles. The van der Waals surface area contributed by atoms with E-state index in [1.807, 2.05) is 18.2 Å². The molecule has 6 nitrogen and oxygen atoms in total. The molecule has 0 aliphatic heterocycles. The molecular formula is C19H15FN2O4S. The number of hydrogen-bond donors (Lipinski definition) is 2. The second-order valence-corrected chi connectivity index (χ2v) is 7.14. The molecule has 0 spiro atoms. The van der Waals surface area contributed by atoms with E-state index in [4.69, 9.17) is 9.88 Å². The number of nitrogens with one attached hydrogen (secondary N) is 1. The van der Waals surface area contributed by atoms with E-state index in [0.29, 0.717) is 17.2 Å². The first-order valence-electron chi connectivity index (χ1n) is 7.79. The fraction of sp³-hybridized carbons (Fsp3) is 0. The fourth-order valence-electron chi connectivity index (χ4n) is 2.28. The number of carbonyl (C=O) groups is 1. The van der Waals surface area contributed by atoms with Crippen molar-refractivity contribution in [3.8, 4) is 11.5 Å². The first kappa shape index (κ1) is 18.6. The summed E-state index contributed by atoms with van der Waals surface area (Å²) < 4.78 is 42.3. The molecule has 0 heterocycles. The first-order valence-corrected chi connectivity index (χ1v) is 9.34. The van der Waals surface area contributed by atoms with E-state index in [9.17, 15) is 17.6 Å². The molecular weight excluding hydrogens is 371 g/mol. The van der Waals surface area contributed by atoms with Crippen LogP contribution in [0.25, 0.3) is 0 Å². The SMILES string of the molecule is NS(=O)(=O)c1ccc(F)c(C(=O)Nc2ccc(Oc3ccccc3)cc2)c1. The minimum Gasteiger partial charge on any atom is -0.457 e. The lowest BCUT2D eigenvalue weighted by Gasteiger charge is -2.09. The van der Waals surface area contributed by atoms with Gasteiger partial charge in [-0.2, -0.15) is 0 Å². The molecule has 0 unspecified atom stereocenters. The Labute approximate surface area is 155 Å². The zero-order chi connectivity index (χ0) is 19.4. The second-order valence-electron chi connectivity index (χ2n) is 5.58. The molecule has 1 amide bonds. The third-order valence-electron chi connectivity index (χ3n) is 3.60. The van der Waals surface area contributed by atoms with Gasteiger partial charge in [0.25, 0.3) is 5.91 Å². The average molecular weight is 386 g/mol. The number of amides is 1. The van der Waals surface area contributed by atoms with Crippen molar-refractivity contribution in [2.75, 3.05) is 5.32 Å². The van der Waals surface area contributed by atoms with Crippen LogP contribution in [0.5, 0.6) is 11.5 Å². The molecule has 27 heavy (non-hydrogen) atoms. The maximum absolute atomic E-state index is 13.9. The lowest BCUT2D eigenvalue weighted by atomic mass is 10.2. The van der Waals surface area contributed by atoms with Crippen molar-refractivity contribution < 1.29 is 22.3 Å². The summed E-state index contributed by atoms with van der Waals surface area (Å²) in [5, 5.41) is 7.51. The highest BCUT2D eigenvalue weighted by atomic mass is 32.2. The monoisotopic (exact) mass is 386 g/mol. The van der Waals surface area contributed by atoms with Gasteiger partial charge in [-0.25, -0.2) is 17.9 Å². The van der Waals surface area contributed by atoms with E-state index in [1.54, 1.807) is 36.4 Å². The Hall–Kier alpha value is -3.23. The molecule has 0 aliphatic carbocycles.